The Bertz CT molecular complexity index is 223. The van der Waals surface area contributed by atoms with E-state index < -0.39 is 16.1 Å². The average Bonchev–Trinajstić information content (AvgIpc) is 2.00. The third-order valence-corrected chi connectivity index (χ3v) is 2.97. The molecule has 13 heavy (non-hydrogen) atoms. The summed E-state index contributed by atoms with van der Waals surface area (Å²) < 4.78 is 29.1. The minimum absolute atomic E-state index is 0.0608. The van der Waals surface area contributed by atoms with Crippen LogP contribution < -0.4 is 0 Å². The maximum absolute atomic E-state index is 9.97. The molecule has 5 nitrogen and oxygen atoms in total. The molecule has 0 aliphatic rings. The Kier molecular flexibility index (Phi) is 12.1. The van der Waals surface area contributed by atoms with Gasteiger partial charge in [0.2, 0.25) is 0 Å². The molecule has 0 aromatic carbocycles. The summed E-state index contributed by atoms with van der Waals surface area (Å²) in [5.41, 5.74) is 0. The van der Waals surface area contributed by atoms with E-state index >= 15 is 0 Å². The Balaban J connectivity index is 0. The minimum atomic E-state index is -3.66. The van der Waals surface area contributed by atoms with Gasteiger partial charge < -0.3 is 5.11 Å². The zero-order chi connectivity index (χ0) is 10.9. The molecule has 0 saturated heterocycles. The molecule has 0 aromatic rings. The Hall–Kier alpha value is 1.02. The third kappa shape index (κ3) is 24.6. The quantitative estimate of drug-likeness (QED) is 0.542. The van der Waals surface area contributed by atoms with Crippen LogP contribution in [0.5, 0.6) is 0 Å². The van der Waals surface area contributed by atoms with Crippen LogP contribution in [-0.2, 0) is 14.9 Å². The Labute approximate surface area is 112 Å². The van der Waals surface area contributed by atoms with Gasteiger partial charge in [-0.1, -0.05) is 6.92 Å². The van der Waals surface area contributed by atoms with Gasteiger partial charge in [0.15, 0.2) is 0 Å². The molecule has 2 N–H and O–H groups in total. The van der Waals surface area contributed by atoms with E-state index in [2.05, 4.69) is 0 Å². The van der Waals surface area contributed by atoms with Crippen LogP contribution in [0.25, 0.3) is 0 Å². The summed E-state index contributed by atoms with van der Waals surface area (Å²) in [4.78, 5) is 9.37. The van der Waals surface area contributed by atoms with Crippen LogP contribution in [0.4, 0.5) is 0 Å². The van der Waals surface area contributed by atoms with Gasteiger partial charge in [-0.05, 0) is 0 Å². The fraction of sp³-hybridized carbons (Fsp3) is 0.833. The molecule has 0 atom stereocenters. The van der Waals surface area contributed by atoms with Gasteiger partial charge in [-0.15, -0.1) is 0 Å². The van der Waals surface area contributed by atoms with Gasteiger partial charge in [0, 0.05) is 6.42 Å². The predicted octanol–water partition coefficient (Wildman–Crippen LogP) is 0.332. The standard InChI is InChI=1S/C3H7O3S.C3H6O2.K/c1-2-3-7(4,5)6;1-2-3(4)5;/h1-3H2,(H,4,5,6);2H2,1H3,(H,4,5);. The number of aliphatic carboxylic acids is 1. The van der Waals surface area contributed by atoms with Crippen LogP contribution >= 0.6 is 0 Å². The third-order valence-electron chi connectivity index (χ3n) is 1.06. The molecule has 0 bridgehead atoms. The van der Waals surface area contributed by atoms with E-state index in [-0.39, 0.29) is 12.2 Å². The van der Waals surface area contributed by atoms with Crippen LogP contribution in [0.2, 0.25) is 0.515 Å². The zero-order valence-corrected chi connectivity index (χ0v) is 11.8. The van der Waals surface area contributed by atoms with Gasteiger partial charge in [0.1, 0.15) is 0 Å². The molecule has 0 heterocycles. The molecule has 0 aliphatic heterocycles. The number of rotatable bonds is 4. The summed E-state index contributed by atoms with van der Waals surface area (Å²) in [6.45, 7) is 1.60. The van der Waals surface area contributed by atoms with Crippen LogP contribution in [0.15, 0.2) is 0 Å². The molecular formula is C6H13KO5S. The molecule has 0 aromatic heterocycles. The fourth-order valence-electron chi connectivity index (χ4n) is 0.327. The van der Waals surface area contributed by atoms with Crippen molar-refractivity contribution in [3.63, 3.8) is 0 Å². The Morgan fingerprint density at radius 1 is 1.46 bits per heavy atom. The van der Waals surface area contributed by atoms with Crippen molar-refractivity contribution in [3.8, 4) is 0 Å². The zero-order valence-electron chi connectivity index (χ0n) is 7.86. The summed E-state index contributed by atoms with van der Waals surface area (Å²) in [7, 11) is -3.66. The van der Waals surface area contributed by atoms with E-state index in [1.807, 2.05) is 0 Å². The van der Waals surface area contributed by atoms with Crippen molar-refractivity contribution in [1.82, 2.24) is 0 Å². The van der Waals surface area contributed by atoms with E-state index in [1.165, 1.54) is 0 Å². The van der Waals surface area contributed by atoms with E-state index in [1.54, 1.807) is 6.92 Å². The predicted molar refractivity (Wildman–Crippen MR) is 49.5 cm³/mol. The van der Waals surface area contributed by atoms with Crippen molar-refractivity contribution < 1.29 is 22.9 Å². The van der Waals surface area contributed by atoms with E-state index in [4.69, 9.17) is 9.66 Å². The van der Waals surface area contributed by atoms with Gasteiger partial charge in [0.25, 0.3) is 0 Å². The van der Waals surface area contributed by atoms with Crippen molar-refractivity contribution in [2.75, 3.05) is 5.75 Å². The molecule has 0 fully saturated rings. The first-order chi connectivity index (χ1) is 5.83. The number of carboxylic acids is 1. The second-order valence-electron chi connectivity index (χ2n) is 2.39. The molecule has 7 heteroatoms. The second kappa shape index (κ2) is 9.57. The molecule has 74 valence electrons. The molecule has 0 amide bonds. The first-order valence-corrected chi connectivity index (χ1v) is 7.82. The molecule has 0 aliphatic carbocycles. The topological polar surface area (TPSA) is 91.7 Å². The second-order valence-corrected chi connectivity index (χ2v) is 5.52. The SMILES string of the molecule is CCC(=O)O.O=S(=O)(O)CC[CH2][K]. The van der Waals surface area contributed by atoms with Gasteiger partial charge >= 0.3 is 90.7 Å². The average molecular weight is 236 g/mol. The summed E-state index contributed by atoms with van der Waals surface area (Å²) in [5, 5.41) is 7.72. The fourth-order valence-corrected chi connectivity index (χ4v) is 2.33. The first-order valence-electron chi connectivity index (χ1n) is 4.00. The van der Waals surface area contributed by atoms with Crippen molar-refractivity contribution in [1.29, 1.82) is 0 Å². The van der Waals surface area contributed by atoms with Crippen LogP contribution in [0.3, 0.4) is 0 Å². The van der Waals surface area contributed by atoms with Crippen molar-refractivity contribution in [2.24, 2.45) is 0 Å². The Morgan fingerprint density at radius 3 is 1.92 bits per heavy atom. The summed E-state index contributed by atoms with van der Waals surface area (Å²) in [5.74, 6) is -0.806. The van der Waals surface area contributed by atoms with Crippen molar-refractivity contribution in [2.45, 2.75) is 20.3 Å². The van der Waals surface area contributed by atoms with E-state index in [9.17, 15) is 13.2 Å². The number of hydrogen-bond donors (Lipinski definition) is 2. The van der Waals surface area contributed by atoms with Crippen LogP contribution in [0, 0.1) is 0 Å². The van der Waals surface area contributed by atoms with Crippen molar-refractivity contribution in [3.05, 3.63) is 0 Å². The maximum atomic E-state index is 9.97. The van der Waals surface area contributed by atoms with E-state index in [0.29, 0.717) is 55.4 Å². The van der Waals surface area contributed by atoms with E-state index in [0.717, 1.165) is 0.515 Å². The number of hydrogen-bond acceptors (Lipinski definition) is 3. The summed E-state index contributed by atoms with van der Waals surface area (Å²) in [6.07, 6.45) is 0.846. The first kappa shape index (κ1) is 16.4. The summed E-state index contributed by atoms with van der Waals surface area (Å²) >= 11 is 0.706. The van der Waals surface area contributed by atoms with Crippen LogP contribution in [-0.4, -0.2) is 78.8 Å². The molecule has 0 saturated carbocycles. The molecular weight excluding hydrogens is 223 g/mol. The molecule has 0 unspecified atom stereocenters. The normalized spacial score (nSPS) is 10.2. The van der Waals surface area contributed by atoms with Gasteiger partial charge in [-0.2, -0.15) is 0 Å². The molecule has 0 rings (SSSR count). The van der Waals surface area contributed by atoms with Crippen molar-refractivity contribution >= 4 is 65.0 Å². The summed E-state index contributed by atoms with van der Waals surface area (Å²) in [6, 6.07) is 0. The van der Waals surface area contributed by atoms with Gasteiger partial charge in [-0.25, -0.2) is 0 Å². The number of carboxylic acid groups (broad SMARTS) is 1. The molecule has 0 spiro atoms. The van der Waals surface area contributed by atoms with Gasteiger partial charge in [-0.3, -0.25) is 4.79 Å². The Morgan fingerprint density at radius 2 is 1.85 bits per heavy atom. The number of carbonyl (C=O) groups is 1. The monoisotopic (exact) mass is 236 g/mol. The van der Waals surface area contributed by atoms with Crippen LogP contribution in [0.1, 0.15) is 19.8 Å². The molecule has 0 radical (unpaired) electrons. The van der Waals surface area contributed by atoms with Gasteiger partial charge in [0.05, 0.1) is 0 Å².